The largest absolute Gasteiger partial charge is 0.493 e. The molecule has 0 saturated carbocycles. The first kappa shape index (κ1) is 29.3. The molecule has 0 radical (unpaired) electrons. The van der Waals surface area contributed by atoms with E-state index in [1.54, 1.807) is 7.11 Å². The number of allylic oxidation sites excluding steroid dienone is 2. The summed E-state index contributed by atoms with van der Waals surface area (Å²) >= 11 is 7.89. The molecule has 4 aromatic rings. The zero-order valence-electron chi connectivity index (χ0n) is 24.8. The fraction of sp³-hybridized carbons (Fsp3) is 0.324. The Hall–Kier alpha value is -3.75. The number of Topliss-reactive ketones (excluding diaryl/α,β-unsaturated/α-hetero) is 1. The van der Waals surface area contributed by atoms with Gasteiger partial charge >= 0.3 is 0 Å². The Bertz CT molecular complexity index is 1690. The fourth-order valence-electron chi connectivity index (χ4n) is 5.50. The molecule has 2 heterocycles. The van der Waals surface area contributed by atoms with E-state index in [2.05, 4.69) is 50.4 Å². The zero-order chi connectivity index (χ0) is 30.1. The normalized spacial score (nSPS) is 16.4. The number of halogens is 1. The summed E-state index contributed by atoms with van der Waals surface area (Å²) < 4.78 is 13.8. The SMILES string of the molecule is COc1cc(C2C3=C(CCCC3=O)Nc3nc(SCc4ccccc4Cl)nn32)ccc1OCc1ccc(C(C)(C)C)cc1. The van der Waals surface area contributed by atoms with Crippen LogP contribution in [0.5, 0.6) is 11.5 Å². The first-order valence-electron chi connectivity index (χ1n) is 14.5. The number of nitrogens with one attached hydrogen (secondary N) is 1. The van der Waals surface area contributed by atoms with E-state index in [0.29, 0.717) is 46.4 Å². The van der Waals surface area contributed by atoms with Gasteiger partial charge < -0.3 is 14.8 Å². The van der Waals surface area contributed by atoms with Crippen LogP contribution in [0, 0.1) is 0 Å². The molecule has 1 aliphatic heterocycles. The van der Waals surface area contributed by atoms with Crippen LogP contribution in [0.4, 0.5) is 5.95 Å². The highest BCUT2D eigenvalue weighted by Crippen LogP contribution is 2.43. The Balaban J connectivity index is 1.28. The lowest BCUT2D eigenvalue weighted by atomic mass is 9.85. The average Bonchev–Trinajstić information content (AvgIpc) is 3.41. The number of benzene rings is 3. The third-order valence-corrected chi connectivity index (χ3v) is 9.14. The number of hydrogen-bond donors (Lipinski definition) is 1. The Labute approximate surface area is 261 Å². The summed E-state index contributed by atoms with van der Waals surface area (Å²) in [6.45, 7) is 7.03. The number of thioether (sulfide) groups is 1. The van der Waals surface area contributed by atoms with Crippen molar-refractivity contribution in [3.05, 3.63) is 105 Å². The topological polar surface area (TPSA) is 78.3 Å². The molecule has 1 unspecified atom stereocenters. The quantitative estimate of drug-likeness (QED) is 0.201. The van der Waals surface area contributed by atoms with E-state index in [0.717, 1.165) is 40.8 Å². The van der Waals surface area contributed by atoms with Crippen LogP contribution in [0.15, 0.2) is 83.2 Å². The minimum atomic E-state index is -0.422. The van der Waals surface area contributed by atoms with Crippen molar-refractivity contribution >= 4 is 35.1 Å². The molecule has 43 heavy (non-hydrogen) atoms. The maximum absolute atomic E-state index is 13.3. The second-order valence-corrected chi connectivity index (χ2v) is 13.2. The number of carbonyl (C=O) groups excluding carboxylic acids is 1. The monoisotopic (exact) mass is 614 g/mol. The average molecular weight is 615 g/mol. The van der Waals surface area contributed by atoms with Gasteiger partial charge in [-0.1, -0.05) is 92.7 Å². The third kappa shape index (κ3) is 6.17. The molecule has 1 aromatic heterocycles. The van der Waals surface area contributed by atoms with Crippen molar-refractivity contribution in [1.82, 2.24) is 14.8 Å². The van der Waals surface area contributed by atoms with Crippen molar-refractivity contribution < 1.29 is 14.3 Å². The number of fused-ring (bicyclic) bond motifs is 1. The van der Waals surface area contributed by atoms with Gasteiger partial charge in [-0.25, -0.2) is 4.68 Å². The van der Waals surface area contributed by atoms with E-state index in [1.807, 2.05) is 47.1 Å². The van der Waals surface area contributed by atoms with E-state index in [9.17, 15) is 4.79 Å². The predicted molar refractivity (Wildman–Crippen MR) is 171 cm³/mol. The van der Waals surface area contributed by atoms with Gasteiger partial charge in [0.25, 0.3) is 0 Å². The van der Waals surface area contributed by atoms with Gasteiger partial charge in [0.05, 0.1) is 7.11 Å². The second-order valence-electron chi connectivity index (χ2n) is 11.9. The minimum Gasteiger partial charge on any atom is -0.493 e. The van der Waals surface area contributed by atoms with Crippen LogP contribution in [0.2, 0.25) is 5.02 Å². The van der Waals surface area contributed by atoms with Crippen LogP contribution >= 0.6 is 23.4 Å². The predicted octanol–water partition coefficient (Wildman–Crippen LogP) is 8.13. The number of rotatable bonds is 8. The van der Waals surface area contributed by atoms with Crippen molar-refractivity contribution in [3.63, 3.8) is 0 Å². The van der Waals surface area contributed by atoms with Gasteiger partial charge in [0.15, 0.2) is 17.3 Å². The lowest BCUT2D eigenvalue weighted by Gasteiger charge is -2.32. The van der Waals surface area contributed by atoms with Crippen LogP contribution in [-0.2, 0) is 22.6 Å². The summed E-state index contributed by atoms with van der Waals surface area (Å²) in [5.74, 6) is 2.63. The Morgan fingerprint density at radius 3 is 2.58 bits per heavy atom. The van der Waals surface area contributed by atoms with E-state index in [4.69, 9.17) is 31.2 Å². The number of ketones is 1. The van der Waals surface area contributed by atoms with Gasteiger partial charge in [-0.2, -0.15) is 4.98 Å². The number of methoxy groups -OCH3 is 1. The van der Waals surface area contributed by atoms with Gasteiger partial charge in [-0.3, -0.25) is 4.79 Å². The molecule has 7 nitrogen and oxygen atoms in total. The number of ether oxygens (including phenoxy) is 2. The summed E-state index contributed by atoms with van der Waals surface area (Å²) in [6, 6.07) is 21.7. The highest BCUT2D eigenvalue weighted by atomic mass is 35.5. The molecule has 0 saturated heterocycles. The van der Waals surface area contributed by atoms with Gasteiger partial charge in [0, 0.05) is 28.5 Å². The van der Waals surface area contributed by atoms with Crippen LogP contribution in [0.3, 0.4) is 0 Å². The summed E-state index contributed by atoms with van der Waals surface area (Å²) in [6.07, 6.45) is 2.12. The van der Waals surface area contributed by atoms with E-state index < -0.39 is 6.04 Å². The second kappa shape index (κ2) is 12.1. The number of aromatic nitrogens is 3. The standard InChI is InChI=1S/C34H35ClN4O3S/c1-34(2,3)24-15-12-21(13-16-24)19-42-28-17-14-22(18-29(28)41-4)31-30-26(10-7-11-27(30)40)36-32-37-33(38-39(31)32)43-20-23-8-5-6-9-25(23)35/h5-6,8-9,12-18,31H,7,10-11,19-20H2,1-4H3,(H,36,37,38). The molecule has 0 fully saturated rings. The molecular weight excluding hydrogens is 580 g/mol. The molecule has 2 aliphatic rings. The van der Waals surface area contributed by atoms with Gasteiger partial charge in [0.1, 0.15) is 12.6 Å². The number of hydrogen-bond acceptors (Lipinski definition) is 7. The lowest BCUT2D eigenvalue weighted by Crippen LogP contribution is -2.31. The molecule has 3 aromatic carbocycles. The summed E-state index contributed by atoms with van der Waals surface area (Å²) in [5.41, 5.74) is 6.02. The molecule has 6 rings (SSSR count). The van der Waals surface area contributed by atoms with Gasteiger partial charge in [-0.05, 0) is 58.7 Å². The third-order valence-electron chi connectivity index (χ3n) is 7.88. The van der Waals surface area contributed by atoms with Crippen molar-refractivity contribution in [1.29, 1.82) is 0 Å². The molecule has 1 N–H and O–H groups in total. The highest BCUT2D eigenvalue weighted by Gasteiger charge is 2.37. The summed E-state index contributed by atoms with van der Waals surface area (Å²) in [7, 11) is 1.63. The van der Waals surface area contributed by atoms with Crippen molar-refractivity contribution in [2.45, 2.75) is 69.0 Å². The molecule has 222 valence electrons. The minimum absolute atomic E-state index is 0.0983. The highest BCUT2D eigenvalue weighted by molar-refractivity contribution is 7.98. The van der Waals surface area contributed by atoms with Crippen LogP contribution in [0.25, 0.3) is 0 Å². The molecule has 1 aliphatic carbocycles. The number of anilines is 1. The van der Waals surface area contributed by atoms with Crippen molar-refractivity contribution in [2.75, 3.05) is 12.4 Å². The van der Waals surface area contributed by atoms with Crippen LogP contribution in [0.1, 0.15) is 68.3 Å². The van der Waals surface area contributed by atoms with Crippen molar-refractivity contribution in [3.8, 4) is 11.5 Å². The number of nitrogens with zero attached hydrogens (tertiary/aromatic N) is 3. The van der Waals surface area contributed by atoms with E-state index >= 15 is 0 Å². The van der Waals surface area contributed by atoms with Gasteiger partial charge in [0.2, 0.25) is 11.1 Å². The Kier molecular flexibility index (Phi) is 8.25. The maximum atomic E-state index is 13.3. The molecular formula is C34H35ClN4O3S. The molecule has 1 atom stereocenters. The molecule has 9 heteroatoms. The first-order valence-corrected chi connectivity index (χ1v) is 15.8. The summed E-state index contributed by atoms with van der Waals surface area (Å²) in [4.78, 5) is 18.1. The summed E-state index contributed by atoms with van der Waals surface area (Å²) in [5, 5.41) is 9.60. The van der Waals surface area contributed by atoms with Crippen LogP contribution in [-0.4, -0.2) is 27.7 Å². The van der Waals surface area contributed by atoms with Crippen molar-refractivity contribution in [2.24, 2.45) is 0 Å². The molecule has 0 amide bonds. The Morgan fingerprint density at radius 2 is 1.84 bits per heavy atom. The van der Waals surface area contributed by atoms with Gasteiger partial charge in [-0.15, -0.1) is 5.10 Å². The zero-order valence-corrected chi connectivity index (χ0v) is 26.4. The lowest BCUT2D eigenvalue weighted by molar-refractivity contribution is -0.116. The van der Waals surface area contributed by atoms with E-state index in [1.165, 1.54) is 17.3 Å². The first-order chi connectivity index (χ1) is 20.7. The molecule has 0 bridgehead atoms. The Morgan fingerprint density at radius 1 is 1.05 bits per heavy atom. The number of carbonyl (C=O) groups is 1. The fourth-order valence-corrected chi connectivity index (χ4v) is 6.61. The smallest absolute Gasteiger partial charge is 0.227 e. The maximum Gasteiger partial charge on any atom is 0.227 e. The van der Waals surface area contributed by atoms with Crippen LogP contribution < -0.4 is 14.8 Å². The molecule has 0 spiro atoms. The van der Waals surface area contributed by atoms with E-state index in [-0.39, 0.29) is 11.2 Å².